The molecule has 7 heteroatoms. The summed E-state index contributed by atoms with van der Waals surface area (Å²) in [6.45, 7) is -0.155. The largest absolute Gasteiger partial charge is 0.481 e. The smallest absolute Gasteiger partial charge is 0.325 e. The maximum atomic E-state index is 11.4. The van der Waals surface area contributed by atoms with Crippen molar-refractivity contribution in [2.75, 3.05) is 20.2 Å². The van der Waals surface area contributed by atoms with Crippen molar-refractivity contribution in [3.63, 3.8) is 0 Å². The zero-order valence-corrected chi connectivity index (χ0v) is 11.0. The molecule has 1 fully saturated rings. The molecular formula is C12H20N2O5. The summed E-state index contributed by atoms with van der Waals surface area (Å²) in [5.41, 5.74) is -0.874. The molecule has 7 nitrogen and oxygen atoms in total. The Bertz CT molecular complexity index is 350. The molecule has 19 heavy (non-hydrogen) atoms. The molecule has 1 saturated carbocycles. The van der Waals surface area contributed by atoms with Crippen molar-refractivity contribution in [1.29, 1.82) is 0 Å². The minimum absolute atomic E-state index is 0.0787. The fraction of sp³-hybridized carbons (Fsp3) is 0.750. The van der Waals surface area contributed by atoms with Gasteiger partial charge in [0.15, 0.2) is 0 Å². The Morgan fingerprint density at radius 3 is 2.32 bits per heavy atom. The van der Waals surface area contributed by atoms with E-state index in [2.05, 4.69) is 15.4 Å². The number of aliphatic carboxylic acids is 1. The summed E-state index contributed by atoms with van der Waals surface area (Å²) >= 11 is 0. The molecule has 0 heterocycles. The molecule has 1 rings (SSSR count). The molecule has 0 unspecified atom stereocenters. The molecule has 0 saturated heterocycles. The molecule has 0 spiro atoms. The third kappa shape index (κ3) is 4.42. The summed E-state index contributed by atoms with van der Waals surface area (Å²) in [4.78, 5) is 33.6. The minimum Gasteiger partial charge on any atom is -0.481 e. The van der Waals surface area contributed by atoms with Crippen molar-refractivity contribution in [2.45, 2.75) is 32.1 Å². The van der Waals surface area contributed by atoms with Gasteiger partial charge in [0.1, 0.15) is 6.54 Å². The van der Waals surface area contributed by atoms with E-state index in [0.29, 0.717) is 12.8 Å². The van der Waals surface area contributed by atoms with Gasteiger partial charge in [-0.05, 0) is 12.8 Å². The van der Waals surface area contributed by atoms with E-state index in [-0.39, 0.29) is 13.1 Å². The highest BCUT2D eigenvalue weighted by atomic mass is 16.5. The van der Waals surface area contributed by atoms with Crippen LogP contribution in [0.2, 0.25) is 0 Å². The second-order valence-electron chi connectivity index (χ2n) is 4.76. The number of urea groups is 1. The lowest BCUT2D eigenvalue weighted by molar-refractivity contribution is -0.150. The highest BCUT2D eigenvalue weighted by Crippen LogP contribution is 2.35. The van der Waals surface area contributed by atoms with Gasteiger partial charge >= 0.3 is 18.0 Å². The maximum absolute atomic E-state index is 11.4. The average Bonchev–Trinajstić information content (AvgIpc) is 2.43. The molecule has 108 valence electrons. The van der Waals surface area contributed by atoms with Crippen molar-refractivity contribution in [1.82, 2.24) is 10.6 Å². The summed E-state index contributed by atoms with van der Waals surface area (Å²) in [6, 6.07) is -0.559. The van der Waals surface area contributed by atoms with Crippen LogP contribution in [0.5, 0.6) is 0 Å². The molecule has 0 bridgehead atoms. The first-order valence-corrected chi connectivity index (χ1v) is 6.32. The molecule has 0 aromatic carbocycles. The summed E-state index contributed by atoms with van der Waals surface area (Å²) < 4.78 is 4.38. The van der Waals surface area contributed by atoms with E-state index in [1.54, 1.807) is 0 Å². The van der Waals surface area contributed by atoms with Gasteiger partial charge in [0.05, 0.1) is 12.5 Å². The van der Waals surface area contributed by atoms with Crippen LogP contribution in [0.25, 0.3) is 0 Å². The number of nitrogens with one attached hydrogen (secondary N) is 2. The van der Waals surface area contributed by atoms with Crippen LogP contribution in [-0.2, 0) is 14.3 Å². The molecule has 2 amide bonds. The van der Waals surface area contributed by atoms with E-state index in [0.717, 1.165) is 19.3 Å². The van der Waals surface area contributed by atoms with Crippen LogP contribution in [0, 0.1) is 5.41 Å². The fourth-order valence-electron chi connectivity index (χ4n) is 2.23. The molecule has 3 N–H and O–H groups in total. The lowest BCUT2D eigenvalue weighted by Crippen LogP contribution is -2.48. The van der Waals surface area contributed by atoms with E-state index in [9.17, 15) is 19.5 Å². The van der Waals surface area contributed by atoms with Gasteiger partial charge in [-0.1, -0.05) is 19.3 Å². The predicted octanol–water partition coefficient (Wildman–Crippen LogP) is 0.494. The molecular weight excluding hydrogens is 252 g/mol. The highest BCUT2D eigenvalue weighted by Gasteiger charge is 2.39. The fourth-order valence-corrected chi connectivity index (χ4v) is 2.23. The van der Waals surface area contributed by atoms with Crippen LogP contribution in [-0.4, -0.2) is 43.3 Å². The van der Waals surface area contributed by atoms with Crippen molar-refractivity contribution in [3.05, 3.63) is 0 Å². The number of carboxylic acids is 1. The number of hydrogen-bond acceptors (Lipinski definition) is 4. The lowest BCUT2D eigenvalue weighted by atomic mass is 9.74. The van der Waals surface area contributed by atoms with Crippen LogP contribution < -0.4 is 10.6 Å². The molecule has 0 aromatic heterocycles. The summed E-state index contributed by atoms with van der Waals surface area (Å²) in [5.74, 6) is -1.43. The van der Waals surface area contributed by atoms with Gasteiger partial charge in [-0.15, -0.1) is 0 Å². The number of ether oxygens (including phenoxy) is 1. The van der Waals surface area contributed by atoms with Crippen LogP contribution in [0.4, 0.5) is 4.79 Å². The van der Waals surface area contributed by atoms with Gasteiger partial charge in [-0.25, -0.2) is 4.79 Å². The van der Waals surface area contributed by atoms with Crippen molar-refractivity contribution < 1.29 is 24.2 Å². The van der Waals surface area contributed by atoms with Gasteiger partial charge in [0.2, 0.25) is 0 Å². The molecule has 0 atom stereocenters. The monoisotopic (exact) mass is 272 g/mol. The summed E-state index contributed by atoms with van der Waals surface area (Å²) in [6.07, 6.45) is 3.89. The number of rotatable bonds is 5. The van der Waals surface area contributed by atoms with Crippen LogP contribution in [0.15, 0.2) is 0 Å². The Balaban J connectivity index is 2.41. The second-order valence-corrected chi connectivity index (χ2v) is 4.76. The Morgan fingerprint density at radius 2 is 1.79 bits per heavy atom. The maximum Gasteiger partial charge on any atom is 0.325 e. The Kier molecular flexibility index (Phi) is 5.59. The van der Waals surface area contributed by atoms with Gasteiger partial charge in [0, 0.05) is 6.54 Å². The Hall–Kier alpha value is -1.79. The first-order valence-electron chi connectivity index (χ1n) is 6.32. The van der Waals surface area contributed by atoms with E-state index in [1.807, 2.05) is 0 Å². The van der Waals surface area contributed by atoms with Gasteiger partial charge in [-0.3, -0.25) is 9.59 Å². The number of esters is 1. The zero-order chi connectivity index (χ0) is 14.3. The van der Waals surface area contributed by atoms with Gasteiger partial charge in [-0.2, -0.15) is 0 Å². The molecule has 0 aliphatic heterocycles. The number of carboxylic acid groups (broad SMARTS) is 1. The lowest BCUT2D eigenvalue weighted by Gasteiger charge is -2.33. The standard InChI is InChI=1S/C12H20N2O5/c1-19-9(15)7-13-11(18)14-8-12(10(16)17)5-3-2-4-6-12/h2-8H2,1H3,(H,16,17)(H2,13,14,18). The number of amides is 2. The van der Waals surface area contributed by atoms with E-state index >= 15 is 0 Å². The van der Waals surface area contributed by atoms with E-state index in [4.69, 9.17) is 0 Å². The quantitative estimate of drug-likeness (QED) is 0.632. The molecule has 1 aliphatic rings. The van der Waals surface area contributed by atoms with Crippen LogP contribution in [0.1, 0.15) is 32.1 Å². The number of carbonyl (C=O) groups is 3. The van der Waals surface area contributed by atoms with E-state index < -0.39 is 23.4 Å². The first kappa shape index (κ1) is 15.3. The number of carbonyl (C=O) groups excluding carboxylic acids is 2. The van der Waals surface area contributed by atoms with Crippen LogP contribution >= 0.6 is 0 Å². The van der Waals surface area contributed by atoms with E-state index in [1.165, 1.54) is 7.11 Å². The number of methoxy groups -OCH3 is 1. The first-order chi connectivity index (χ1) is 9.00. The van der Waals surface area contributed by atoms with Crippen molar-refractivity contribution in [3.8, 4) is 0 Å². The van der Waals surface area contributed by atoms with Gasteiger partial charge < -0.3 is 20.5 Å². The molecule has 1 aliphatic carbocycles. The normalized spacial score (nSPS) is 17.3. The third-order valence-corrected chi connectivity index (χ3v) is 3.47. The SMILES string of the molecule is COC(=O)CNC(=O)NCC1(C(=O)O)CCCCC1. The highest BCUT2D eigenvalue weighted by molar-refractivity contribution is 5.81. The zero-order valence-electron chi connectivity index (χ0n) is 11.0. The third-order valence-electron chi connectivity index (χ3n) is 3.47. The van der Waals surface area contributed by atoms with Gasteiger partial charge in [0.25, 0.3) is 0 Å². The second kappa shape index (κ2) is 6.96. The number of hydrogen-bond donors (Lipinski definition) is 3. The minimum atomic E-state index is -0.875. The average molecular weight is 272 g/mol. The Morgan fingerprint density at radius 1 is 1.16 bits per heavy atom. The van der Waals surface area contributed by atoms with Crippen molar-refractivity contribution >= 4 is 18.0 Å². The van der Waals surface area contributed by atoms with Crippen molar-refractivity contribution in [2.24, 2.45) is 5.41 Å². The molecule has 0 radical (unpaired) electrons. The predicted molar refractivity (Wildman–Crippen MR) is 66.6 cm³/mol. The Labute approximate surface area is 111 Å². The van der Waals surface area contributed by atoms with Crippen LogP contribution in [0.3, 0.4) is 0 Å². The summed E-state index contributed by atoms with van der Waals surface area (Å²) in [7, 11) is 1.23. The topological polar surface area (TPSA) is 105 Å². The summed E-state index contributed by atoms with van der Waals surface area (Å²) in [5, 5.41) is 14.1. The molecule has 0 aromatic rings.